The van der Waals surface area contributed by atoms with Crippen molar-refractivity contribution in [2.45, 2.75) is 6.92 Å². The highest BCUT2D eigenvalue weighted by Crippen LogP contribution is 2.23. The Morgan fingerprint density at radius 3 is 2.35 bits per heavy atom. The molecule has 0 radical (unpaired) electrons. The van der Waals surface area contributed by atoms with Gasteiger partial charge in [0.15, 0.2) is 0 Å². The molecule has 3 N–H and O–H groups in total. The van der Waals surface area contributed by atoms with Crippen LogP contribution in [0.25, 0.3) is 0 Å². The SMILES string of the molecule is Cc1cccc(Nc2cc(C(=O)O)ccc2C(=O)O)c1. The number of anilines is 2. The van der Waals surface area contributed by atoms with Gasteiger partial charge >= 0.3 is 11.9 Å². The molecule has 0 aromatic heterocycles. The molecule has 0 spiro atoms. The van der Waals surface area contributed by atoms with Crippen molar-refractivity contribution in [3.05, 3.63) is 59.2 Å². The highest BCUT2D eigenvalue weighted by molar-refractivity contribution is 5.98. The maximum Gasteiger partial charge on any atom is 0.337 e. The molecule has 5 nitrogen and oxygen atoms in total. The van der Waals surface area contributed by atoms with Crippen LogP contribution in [0.4, 0.5) is 11.4 Å². The number of hydrogen-bond acceptors (Lipinski definition) is 3. The van der Waals surface area contributed by atoms with Crippen LogP contribution in [0.15, 0.2) is 42.5 Å². The minimum absolute atomic E-state index is 0.0245. The lowest BCUT2D eigenvalue weighted by Gasteiger charge is -2.11. The lowest BCUT2D eigenvalue weighted by molar-refractivity contribution is 0.0682. The monoisotopic (exact) mass is 271 g/mol. The third-order valence-electron chi connectivity index (χ3n) is 2.79. The van der Waals surface area contributed by atoms with Gasteiger partial charge in [0.2, 0.25) is 0 Å². The van der Waals surface area contributed by atoms with Crippen molar-refractivity contribution in [3.8, 4) is 0 Å². The van der Waals surface area contributed by atoms with Gasteiger partial charge in [-0.05, 0) is 42.8 Å². The number of aromatic carboxylic acids is 2. The van der Waals surface area contributed by atoms with E-state index in [0.717, 1.165) is 5.56 Å². The maximum atomic E-state index is 11.2. The minimum Gasteiger partial charge on any atom is -0.478 e. The summed E-state index contributed by atoms with van der Waals surface area (Å²) in [6.45, 7) is 1.91. The van der Waals surface area contributed by atoms with Gasteiger partial charge in [-0.25, -0.2) is 9.59 Å². The summed E-state index contributed by atoms with van der Waals surface area (Å²) in [6.07, 6.45) is 0. The van der Waals surface area contributed by atoms with Gasteiger partial charge in [-0.1, -0.05) is 12.1 Å². The first-order valence-corrected chi connectivity index (χ1v) is 5.91. The van der Waals surface area contributed by atoms with E-state index < -0.39 is 11.9 Å². The molecule has 2 aromatic rings. The molecule has 0 aliphatic carbocycles. The van der Waals surface area contributed by atoms with Crippen LogP contribution in [0.3, 0.4) is 0 Å². The number of nitrogens with one attached hydrogen (secondary N) is 1. The molecule has 0 heterocycles. The van der Waals surface area contributed by atoms with Gasteiger partial charge < -0.3 is 15.5 Å². The predicted octanol–water partition coefficient (Wildman–Crippen LogP) is 3.14. The summed E-state index contributed by atoms with van der Waals surface area (Å²) < 4.78 is 0. The summed E-state index contributed by atoms with van der Waals surface area (Å²) >= 11 is 0. The molecule has 20 heavy (non-hydrogen) atoms. The van der Waals surface area contributed by atoms with E-state index in [1.807, 2.05) is 25.1 Å². The van der Waals surface area contributed by atoms with Crippen LogP contribution < -0.4 is 5.32 Å². The third kappa shape index (κ3) is 2.95. The normalized spacial score (nSPS) is 10.1. The van der Waals surface area contributed by atoms with Crippen LogP contribution in [0.5, 0.6) is 0 Å². The van der Waals surface area contributed by atoms with E-state index in [2.05, 4.69) is 5.32 Å². The summed E-state index contributed by atoms with van der Waals surface area (Å²) in [6, 6.07) is 11.2. The molecule has 0 bridgehead atoms. The fourth-order valence-electron chi connectivity index (χ4n) is 1.85. The molecule has 0 fully saturated rings. The smallest absolute Gasteiger partial charge is 0.337 e. The number of carboxylic acids is 2. The first kappa shape index (κ1) is 13.6. The van der Waals surface area contributed by atoms with E-state index >= 15 is 0 Å². The highest BCUT2D eigenvalue weighted by atomic mass is 16.4. The zero-order valence-corrected chi connectivity index (χ0v) is 10.8. The van der Waals surface area contributed by atoms with Crippen molar-refractivity contribution >= 4 is 23.3 Å². The summed E-state index contributed by atoms with van der Waals surface area (Å²) in [7, 11) is 0. The molecule has 2 aromatic carbocycles. The van der Waals surface area contributed by atoms with Gasteiger partial charge in [-0.3, -0.25) is 0 Å². The predicted molar refractivity (Wildman–Crippen MR) is 74.8 cm³/mol. The zero-order chi connectivity index (χ0) is 14.7. The molecular formula is C15H13NO4. The number of carbonyl (C=O) groups is 2. The van der Waals surface area contributed by atoms with Gasteiger partial charge in [-0.15, -0.1) is 0 Å². The molecule has 0 aliphatic heterocycles. The van der Waals surface area contributed by atoms with Crippen LogP contribution in [0, 0.1) is 6.92 Å². The van der Waals surface area contributed by atoms with E-state index in [1.165, 1.54) is 18.2 Å². The van der Waals surface area contributed by atoms with E-state index in [4.69, 9.17) is 10.2 Å². The lowest BCUT2D eigenvalue weighted by Crippen LogP contribution is -2.05. The number of carboxylic acid groups (broad SMARTS) is 2. The van der Waals surface area contributed by atoms with Gasteiger partial charge in [-0.2, -0.15) is 0 Å². The Bertz CT molecular complexity index is 679. The van der Waals surface area contributed by atoms with Gasteiger partial charge in [0.05, 0.1) is 16.8 Å². The van der Waals surface area contributed by atoms with Gasteiger partial charge in [0.1, 0.15) is 0 Å². The fraction of sp³-hybridized carbons (Fsp3) is 0.0667. The number of benzene rings is 2. The average Bonchev–Trinajstić information content (AvgIpc) is 2.38. The van der Waals surface area contributed by atoms with Crippen molar-refractivity contribution < 1.29 is 19.8 Å². The Labute approximate surface area is 115 Å². The summed E-state index contributed by atoms with van der Waals surface area (Å²) in [5, 5.41) is 21.1. The number of rotatable bonds is 4. The minimum atomic E-state index is -1.11. The molecule has 5 heteroatoms. The Morgan fingerprint density at radius 2 is 1.75 bits per heavy atom. The van der Waals surface area contributed by atoms with Crippen molar-refractivity contribution in [1.82, 2.24) is 0 Å². The molecule has 102 valence electrons. The van der Waals surface area contributed by atoms with E-state index in [9.17, 15) is 9.59 Å². The third-order valence-corrected chi connectivity index (χ3v) is 2.79. The molecule has 0 atom stereocenters. The van der Waals surface area contributed by atoms with Crippen LogP contribution in [0.1, 0.15) is 26.3 Å². The van der Waals surface area contributed by atoms with Crippen molar-refractivity contribution in [2.24, 2.45) is 0 Å². The first-order valence-electron chi connectivity index (χ1n) is 5.91. The lowest BCUT2D eigenvalue weighted by atomic mass is 10.1. The van der Waals surface area contributed by atoms with Gasteiger partial charge in [0.25, 0.3) is 0 Å². The topological polar surface area (TPSA) is 86.6 Å². The quantitative estimate of drug-likeness (QED) is 0.795. The highest BCUT2D eigenvalue weighted by Gasteiger charge is 2.13. The Kier molecular flexibility index (Phi) is 3.70. The summed E-state index contributed by atoms with van der Waals surface area (Å²) in [5.74, 6) is -2.22. The second-order valence-electron chi connectivity index (χ2n) is 4.37. The number of aryl methyl sites for hydroxylation is 1. The molecule has 0 aliphatic rings. The molecule has 2 rings (SSSR count). The van der Waals surface area contributed by atoms with E-state index in [0.29, 0.717) is 5.69 Å². The Balaban J connectivity index is 2.44. The molecule has 0 amide bonds. The summed E-state index contributed by atoms with van der Waals surface area (Å²) in [5.41, 5.74) is 2.03. The molecular weight excluding hydrogens is 258 g/mol. The van der Waals surface area contributed by atoms with E-state index in [-0.39, 0.29) is 16.8 Å². The summed E-state index contributed by atoms with van der Waals surface area (Å²) in [4.78, 5) is 22.1. The zero-order valence-electron chi connectivity index (χ0n) is 10.8. The average molecular weight is 271 g/mol. The maximum absolute atomic E-state index is 11.2. The van der Waals surface area contributed by atoms with Crippen molar-refractivity contribution in [1.29, 1.82) is 0 Å². The standard InChI is InChI=1S/C15H13NO4/c1-9-3-2-4-11(7-9)16-13-8-10(14(17)18)5-6-12(13)15(19)20/h2-8,16H,1H3,(H,17,18)(H,19,20). The molecule has 0 saturated heterocycles. The Morgan fingerprint density at radius 1 is 1.00 bits per heavy atom. The Hall–Kier alpha value is -2.82. The second kappa shape index (κ2) is 5.44. The van der Waals surface area contributed by atoms with Crippen LogP contribution in [-0.4, -0.2) is 22.2 Å². The van der Waals surface area contributed by atoms with E-state index in [1.54, 1.807) is 6.07 Å². The molecule has 0 saturated carbocycles. The van der Waals surface area contributed by atoms with Crippen molar-refractivity contribution in [3.63, 3.8) is 0 Å². The first-order chi connectivity index (χ1) is 9.47. The van der Waals surface area contributed by atoms with Gasteiger partial charge in [0, 0.05) is 5.69 Å². The molecule has 0 unspecified atom stereocenters. The van der Waals surface area contributed by atoms with Crippen LogP contribution in [0.2, 0.25) is 0 Å². The second-order valence-corrected chi connectivity index (χ2v) is 4.37. The van der Waals surface area contributed by atoms with Crippen LogP contribution in [-0.2, 0) is 0 Å². The number of hydrogen-bond donors (Lipinski definition) is 3. The largest absolute Gasteiger partial charge is 0.478 e. The fourth-order valence-corrected chi connectivity index (χ4v) is 1.85. The van der Waals surface area contributed by atoms with Crippen molar-refractivity contribution in [2.75, 3.05) is 5.32 Å². The van der Waals surface area contributed by atoms with Crippen LogP contribution >= 0.6 is 0 Å².